The highest BCUT2D eigenvalue weighted by molar-refractivity contribution is 14.1. The van der Waals surface area contributed by atoms with Gasteiger partial charge in [-0.1, -0.05) is 11.6 Å². The maximum absolute atomic E-state index is 10.9. The minimum atomic E-state index is -0.466. The molecule has 102 valence electrons. The van der Waals surface area contributed by atoms with Gasteiger partial charge in [0.15, 0.2) is 5.69 Å². The third-order valence-electron chi connectivity index (χ3n) is 3.07. The van der Waals surface area contributed by atoms with Gasteiger partial charge >= 0.3 is 0 Å². The number of nitrogens with zero attached hydrogens (tertiary/aromatic N) is 3. The van der Waals surface area contributed by atoms with Crippen LogP contribution in [0.25, 0.3) is 26.7 Å². The number of nitro benzene ring substituents is 1. The average Bonchev–Trinajstić information content (AvgIpc) is 2.47. The van der Waals surface area contributed by atoms with Crippen LogP contribution in [0.4, 0.5) is 11.4 Å². The Balaban J connectivity index is 2.46. The molecule has 0 spiro atoms. The fourth-order valence-corrected chi connectivity index (χ4v) is 3.14. The molecule has 0 radical (unpaired) electrons. The lowest BCUT2D eigenvalue weighted by Gasteiger charge is -2.07. The number of pyridine rings is 1. The summed E-state index contributed by atoms with van der Waals surface area (Å²) in [5.41, 5.74) is 1.56. The number of hydrogen-bond donors (Lipinski definition) is 0. The van der Waals surface area contributed by atoms with E-state index in [-0.39, 0.29) is 5.69 Å². The zero-order valence-corrected chi connectivity index (χ0v) is 13.2. The van der Waals surface area contributed by atoms with Crippen LogP contribution in [0.5, 0.6) is 0 Å². The second-order valence-corrected chi connectivity index (χ2v) is 5.86. The largest absolute Gasteiger partial charge is 0.271 e. The third kappa shape index (κ3) is 2.28. The van der Waals surface area contributed by atoms with Crippen molar-refractivity contribution < 1.29 is 4.92 Å². The van der Waals surface area contributed by atoms with Gasteiger partial charge in [-0.15, -0.1) is 0 Å². The van der Waals surface area contributed by atoms with E-state index in [1.54, 1.807) is 18.2 Å². The molecule has 7 heteroatoms. The Labute approximate surface area is 137 Å². The summed E-state index contributed by atoms with van der Waals surface area (Å²) in [6.45, 7) is 7.11. The Morgan fingerprint density at radius 2 is 2.05 bits per heavy atom. The molecule has 0 atom stereocenters. The molecule has 0 saturated carbocycles. The van der Waals surface area contributed by atoms with Gasteiger partial charge in [-0.3, -0.25) is 10.1 Å². The van der Waals surface area contributed by atoms with Crippen LogP contribution in [0.15, 0.2) is 30.3 Å². The van der Waals surface area contributed by atoms with Crippen molar-refractivity contribution in [2.24, 2.45) is 0 Å². The highest BCUT2D eigenvalue weighted by atomic mass is 127. The molecule has 0 fully saturated rings. The first kappa shape index (κ1) is 14.0. The number of rotatable bonds is 1. The molecular weight excluding hydrogens is 405 g/mol. The zero-order chi connectivity index (χ0) is 15.1. The second-order valence-electron chi connectivity index (χ2n) is 4.32. The number of non-ortho nitro benzene ring substituents is 1. The van der Waals surface area contributed by atoms with Crippen molar-refractivity contribution in [3.63, 3.8) is 0 Å². The van der Waals surface area contributed by atoms with Crippen LogP contribution in [-0.4, -0.2) is 9.91 Å². The van der Waals surface area contributed by atoms with E-state index in [9.17, 15) is 10.1 Å². The molecule has 0 aliphatic heterocycles. The van der Waals surface area contributed by atoms with E-state index in [1.807, 2.05) is 0 Å². The van der Waals surface area contributed by atoms with E-state index < -0.39 is 4.92 Å². The summed E-state index contributed by atoms with van der Waals surface area (Å²) in [4.78, 5) is 18.3. The number of aromatic nitrogens is 1. The maximum Gasteiger partial charge on any atom is 0.271 e. The lowest BCUT2D eigenvalue weighted by molar-refractivity contribution is -0.384. The standard InChI is InChI=1S/C14H5ClIN3O2/c1-17-7-4-10-13(15)9-3-2-8(19(20)21)6-12(9)18-14(10)11(16)5-7/h2-6H. The Morgan fingerprint density at radius 3 is 2.71 bits per heavy atom. The summed E-state index contributed by atoms with van der Waals surface area (Å²) in [7, 11) is 0. The monoisotopic (exact) mass is 409 g/mol. The molecule has 3 rings (SSSR count). The molecular formula is C14H5ClIN3O2. The molecule has 0 N–H and O–H groups in total. The van der Waals surface area contributed by atoms with E-state index in [1.165, 1.54) is 12.1 Å². The van der Waals surface area contributed by atoms with E-state index in [0.29, 0.717) is 32.5 Å². The molecule has 0 amide bonds. The van der Waals surface area contributed by atoms with Crippen molar-refractivity contribution >= 4 is 67.4 Å². The highest BCUT2D eigenvalue weighted by Crippen LogP contribution is 2.36. The van der Waals surface area contributed by atoms with E-state index in [4.69, 9.17) is 18.2 Å². The van der Waals surface area contributed by atoms with Crippen LogP contribution in [0.1, 0.15) is 0 Å². The van der Waals surface area contributed by atoms with Crippen molar-refractivity contribution in [3.05, 3.63) is 60.5 Å². The topological polar surface area (TPSA) is 60.4 Å². The number of halogens is 2. The summed E-state index contributed by atoms with van der Waals surface area (Å²) in [6.07, 6.45) is 0. The van der Waals surface area contributed by atoms with Crippen LogP contribution in [0.3, 0.4) is 0 Å². The number of hydrogen-bond acceptors (Lipinski definition) is 3. The summed E-state index contributed by atoms with van der Waals surface area (Å²) >= 11 is 8.47. The van der Waals surface area contributed by atoms with Gasteiger partial charge in [0.1, 0.15) is 0 Å². The Hall–Kier alpha value is -1.98. The van der Waals surface area contributed by atoms with Crippen LogP contribution in [0.2, 0.25) is 5.02 Å². The van der Waals surface area contributed by atoms with Crippen molar-refractivity contribution in [1.29, 1.82) is 0 Å². The molecule has 0 bridgehead atoms. The van der Waals surface area contributed by atoms with Crippen molar-refractivity contribution in [3.8, 4) is 0 Å². The summed E-state index contributed by atoms with van der Waals surface area (Å²) in [6, 6.07) is 7.77. The first-order valence-electron chi connectivity index (χ1n) is 5.75. The summed E-state index contributed by atoms with van der Waals surface area (Å²) in [5, 5.41) is 12.6. The fraction of sp³-hybridized carbons (Fsp3) is 0. The quantitative estimate of drug-likeness (QED) is 0.185. The third-order valence-corrected chi connectivity index (χ3v) is 4.30. The Bertz CT molecular complexity index is 966. The van der Waals surface area contributed by atoms with Crippen molar-refractivity contribution in [2.75, 3.05) is 0 Å². The van der Waals surface area contributed by atoms with Crippen LogP contribution in [-0.2, 0) is 0 Å². The van der Waals surface area contributed by atoms with Gasteiger partial charge in [-0.2, -0.15) is 0 Å². The van der Waals surface area contributed by atoms with Gasteiger partial charge < -0.3 is 0 Å². The molecule has 0 aliphatic carbocycles. The summed E-state index contributed by atoms with van der Waals surface area (Å²) in [5.74, 6) is 0. The van der Waals surface area contributed by atoms with E-state index >= 15 is 0 Å². The van der Waals surface area contributed by atoms with Gasteiger partial charge in [-0.05, 0) is 40.8 Å². The number of nitro groups is 1. The lowest BCUT2D eigenvalue weighted by atomic mass is 10.1. The molecule has 0 aliphatic rings. The molecule has 2 aromatic carbocycles. The first-order valence-corrected chi connectivity index (χ1v) is 7.21. The van der Waals surface area contributed by atoms with Gasteiger partial charge in [-0.25, -0.2) is 9.83 Å². The predicted molar refractivity (Wildman–Crippen MR) is 89.9 cm³/mol. The number of benzene rings is 2. The minimum absolute atomic E-state index is 0.0294. The van der Waals surface area contributed by atoms with Gasteiger partial charge in [0.25, 0.3) is 5.69 Å². The van der Waals surface area contributed by atoms with Crippen LogP contribution in [0, 0.1) is 20.3 Å². The molecule has 21 heavy (non-hydrogen) atoms. The Kier molecular flexibility index (Phi) is 3.39. The molecule has 1 aromatic heterocycles. The van der Waals surface area contributed by atoms with Gasteiger partial charge in [0.05, 0.1) is 27.6 Å². The van der Waals surface area contributed by atoms with Crippen molar-refractivity contribution in [1.82, 2.24) is 4.98 Å². The fourth-order valence-electron chi connectivity index (χ4n) is 2.11. The van der Waals surface area contributed by atoms with E-state index in [2.05, 4.69) is 32.4 Å². The van der Waals surface area contributed by atoms with Crippen LogP contribution >= 0.6 is 34.2 Å². The predicted octanol–water partition coefficient (Wildman–Crippen LogP) is 5.10. The zero-order valence-electron chi connectivity index (χ0n) is 10.3. The second kappa shape index (κ2) is 5.09. The number of fused-ring (bicyclic) bond motifs is 2. The van der Waals surface area contributed by atoms with Crippen LogP contribution < -0.4 is 0 Å². The van der Waals surface area contributed by atoms with Gasteiger partial charge in [0.2, 0.25) is 0 Å². The molecule has 0 saturated heterocycles. The lowest BCUT2D eigenvalue weighted by Crippen LogP contribution is -1.91. The normalized spacial score (nSPS) is 10.7. The highest BCUT2D eigenvalue weighted by Gasteiger charge is 2.14. The molecule has 5 nitrogen and oxygen atoms in total. The van der Waals surface area contributed by atoms with Crippen molar-refractivity contribution in [2.45, 2.75) is 0 Å². The first-order chi connectivity index (χ1) is 10.0. The molecule has 3 aromatic rings. The van der Waals surface area contributed by atoms with Gasteiger partial charge in [0, 0.05) is 26.5 Å². The van der Waals surface area contributed by atoms with E-state index in [0.717, 1.165) is 3.57 Å². The minimum Gasteiger partial charge on any atom is -0.258 e. The SMILES string of the molecule is [C-]#[N+]c1cc(I)c2nc3cc([N+](=O)[O-])ccc3c(Cl)c2c1. The average molecular weight is 410 g/mol. The molecule has 1 heterocycles. The Morgan fingerprint density at radius 1 is 1.29 bits per heavy atom. The maximum atomic E-state index is 10.9. The summed E-state index contributed by atoms with van der Waals surface area (Å²) < 4.78 is 0.784. The molecule has 0 unspecified atom stereocenters. The smallest absolute Gasteiger partial charge is 0.258 e.